The van der Waals surface area contributed by atoms with Crippen LogP contribution in [-0.2, 0) is 14.8 Å². The van der Waals surface area contributed by atoms with E-state index in [0.29, 0.717) is 6.54 Å². The third-order valence-electron chi connectivity index (χ3n) is 2.38. The molecule has 0 unspecified atom stereocenters. The first kappa shape index (κ1) is 15.9. The molecule has 0 aromatic heterocycles. The van der Waals surface area contributed by atoms with Gasteiger partial charge in [0, 0.05) is 12.1 Å². The predicted molar refractivity (Wildman–Crippen MR) is 73.2 cm³/mol. The Balaban J connectivity index is 2.93. The number of benzene rings is 1. The first-order valence-corrected chi connectivity index (χ1v) is 7.22. The third-order valence-corrected chi connectivity index (χ3v) is 3.86. The van der Waals surface area contributed by atoms with E-state index < -0.39 is 28.4 Å². The van der Waals surface area contributed by atoms with Crippen molar-refractivity contribution in [3.63, 3.8) is 0 Å². The molecule has 110 valence electrons. The number of primary amides is 1. The first-order valence-electron chi connectivity index (χ1n) is 5.73. The van der Waals surface area contributed by atoms with E-state index in [4.69, 9.17) is 11.5 Å². The summed E-state index contributed by atoms with van der Waals surface area (Å²) in [5.41, 5.74) is 10.6. The Labute approximate surface area is 116 Å². The molecule has 0 fully saturated rings. The number of carbonyl (C=O) groups is 2. The number of nitrogen functional groups attached to an aromatic ring is 1. The Kier molecular flexibility index (Phi) is 5.06. The van der Waals surface area contributed by atoms with Gasteiger partial charge in [-0.25, -0.2) is 13.1 Å². The van der Waals surface area contributed by atoms with Gasteiger partial charge in [-0.05, 0) is 25.1 Å². The molecule has 6 N–H and O–H groups in total. The van der Waals surface area contributed by atoms with E-state index in [1.54, 1.807) is 6.92 Å². The second-order valence-electron chi connectivity index (χ2n) is 3.89. The lowest BCUT2D eigenvalue weighted by atomic mass is 10.2. The summed E-state index contributed by atoms with van der Waals surface area (Å²) in [7, 11) is -3.93. The number of likely N-dealkylation sites (N-methyl/N-ethyl adjacent to an activating group) is 1. The van der Waals surface area contributed by atoms with Crippen LogP contribution in [0.3, 0.4) is 0 Å². The first-order chi connectivity index (χ1) is 9.27. The number of carbonyl (C=O) groups excluding carboxylic acids is 2. The predicted octanol–water partition coefficient (Wildman–Crippen LogP) is -1.22. The summed E-state index contributed by atoms with van der Waals surface area (Å²) < 4.78 is 26.0. The van der Waals surface area contributed by atoms with Gasteiger partial charge in [0.1, 0.15) is 4.90 Å². The number of rotatable bonds is 6. The summed E-state index contributed by atoms with van der Waals surface area (Å²) in [4.78, 5) is 22.0. The monoisotopic (exact) mass is 300 g/mol. The zero-order valence-corrected chi connectivity index (χ0v) is 11.7. The smallest absolute Gasteiger partial charge is 0.248 e. The van der Waals surface area contributed by atoms with Crippen molar-refractivity contribution in [1.82, 2.24) is 10.0 Å². The lowest BCUT2D eigenvalue weighted by molar-refractivity contribution is -0.119. The summed E-state index contributed by atoms with van der Waals surface area (Å²) in [5.74, 6) is -1.17. The van der Waals surface area contributed by atoms with Crippen LogP contribution in [0.2, 0.25) is 0 Å². The molecule has 0 heterocycles. The molecule has 2 amide bonds. The zero-order chi connectivity index (χ0) is 15.3. The molecular weight excluding hydrogens is 284 g/mol. The van der Waals surface area contributed by atoms with Crippen LogP contribution in [0.15, 0.2) is 23.1 Å². The van der Waals surface area contributed by atoms with Crippen LogP contribution in [0.1, 0.15) is 17.3 Å². The fourth-order valence-corrected chi connectivity index (χ4v) is 2.54. The molecule has 0 saturated heterocycles. The summed E-state index contributed by atoms with van der Waals surface area (Å²) in [5, 5.41) is 2.45. The number of anilines is 1. The van der Waals surface area contributed by atoms with E-state index in [-0.39, 0.29) is 16.1 Å². The van der Waals surface area contributed by atoms with Crippen LogP contribution in [-0.4, -0.2) is 33.3 Å². The lowest BCUT2D eigenvalue weighted by Gasteiger charge is -2.09. The van der Waals surface area contributed by atoms with Gasteiger partial charge in [0.25, 0.3) is 0 Å². The quantitative estimate of drug-likeness (QED) is 0.487. The number of hydrogen-bond acceptors (Lipinski definition) is 5. The second-order valence-corrected chi connectivity index (χ2v) is 5.63. The molecule has 1 rings (SSSR count). The highest BCUT2D eigenvalue weighted by atomic mass is 32.2. The van der Waals surface area contributed by atoms with Gasteiger partial charge < -0.3 is 16.8 Å². The molecule has 0 radical (unpaired) electrons. The molecule has 0 bridgehead atoms. The van der Waals surface area contributed by atoms with Gasteiger partial charge in [-0.1, -0.05) is 0 Å². The maximum atomic E-state index is 12.0. The van der Waals surface area contributed by atoms with Crippen LogP contribution in [0.5, 0.6) is 0 Å². The number of amides is 2. The molecule has 1 aromatic carbocycles. The third kappa shape index (κ3) is 3.93. The number of nitrogens with one attached hydrogen (secondary N) is 2. The summed E-state index contributed by atoms with van der Waals surface area (Å²) >= 11 is 0. The molecule has 0 aliphatic rings. The molecule has 0 atom stereocenters. The Bertz CT molecular complexity index is 627. The van der Waals surface area contributed by atoms with Crippen LogP contribution in [0.4, 0.5) is 5.69 Å². The minimum atomic E-state index is -3.93. The molecule has 0 aliphatic heterocycles. The summed E-state index contributed by atoms with van der Waals surface area (Å²) in [6, 6.07) is 3.58. The standard InChI is InChI=1S/C11H16N4O4S/c1-2-14-10(16)6-15-20(18,19)9-4-3-7(11(13)17)5-8(9)12/h3-5,15H,2,6,12H2,1H3,(H2,13,17)(H,14,16). The molecular formula is C11H16N4O4S. The highest BCUT2D eigenvalue weighted by molar-refractivity contribution is 7.89. The van der Waals surface area contributed by atoms with E-state index in [2.05, 4.69) is 10.0 Å². The molecule has 1 aromatic rings. The van der Waals surface area contributed by atoms with E-state index >= 15 is 0 Å². The van der Waals surface area contributed by atoms with Gasteiger partial charge in [0.2, 0.25) is 21.8 Å². The maximum Gasteiger partial charge on any atom is 0.248 e. The van der Waals surface area contributed by atoms with Gasteiger partial charge >= 0.3 is 0 Å². The zero-order valence-electron chi connectivity index (χ0n) is 10.8. The van der Waals surface area contributed by atoms with Crippen molar-refractivity contribution in [2.24, 2.45) is 5.73 Å². The van der Waals surface area contributed by atoms with Crippen LogP contribution in [0, 0.1) is 0 Å². The average Bonchev–Trinajstić information content (AvgIpc) is 2.36. The molecule has 0 spiro atoms. The van der Waals surface area contributed by atoms with Crippen LogP contribution < -0.4 is 21.5 Å². The van der Waals surface area contributed by atoms with Crippen molar-refractivity contribution in [3.05, 3.63) is 23.8 Å². The minimum absolute atomic E-state index is 0.102. The molecule has 0 saturated carbocycles. The number of nitrogens with two attached hydrogens (primary N) is 2. The Morgan fingerprint density at radius 1 is 1.30 bits per heavy atom. The van der Waals surface area contributed by atoms with Gasteiger partial charge in [-0.15, -0.1) is 0 Å². The fraction of sp³-hybridized carbons (Fsp3) is 0.273. The largest absolute Gasteiger partial charge is 0.398 e. The van der Waals surface area contributed by atoms with Crippen molar-refractivity contribution in [2.45, 2.75) is 11.8 Å². The van der Waals surface area contributed by atoms with E-state index in [1.165, 1.54) is 12.1 Å². The Morgan fingerprint density at radius 3 is 2.45 bits per heavy atom. The SMILES string of the molecule is CCNC(=O)CNS(=O)(=O)c1ccc(C(N)=O)cc1N. The van der Waals surface area contributed by atoms with Crippen molar-refractivity contribution in [2.75, 3.05) is 18.8 Å². The summed E-state index contributed by atoms with van der Waals surface area (Å²) in [6.45, 7) is 1.72. The second kappa shape index (κ2) is 6.35. The Hall–Kier alpha value is -2.13. The van der Waals surface area contributed by atoms with E-state index in [9.17, 15) is 18.0 Å². The van der Waals surface area contributed by atoms with Crippen molar-refractivity contribution in [3.8, 4) is 0 Å². The topological polar surface area (TPSA) is 144 Å². The molecule has 20 heavy (non-hydrogen) atoms. The summed E-state index contributed by atoms with van der Waals surface area (Å²) in [6.07, 6.45) is 0. The van der Waals surface area contributed by atoms with E-state index in [0.717, 1.165) is 6.07 Å². The average molecular weight is 300 g/mol. The lowest BCUT2D eigenvalue weighted by Crippen LogP contribution is -2.37. The molecule has 8 nitrogen and oxygen atoms in total. The van der Waals surface area contributed by atoms with Gasteiger partial charge in [-0.3, -0.25) is 9.59 Å². The Morgan fingerprint density at radius 2 is 1.95 bits per heavy atom. The van der Waals surface area contributed by atoms with Crippen molar-refractivity contribution in [1.29, 1.82) is 0 Å². The van der Waals surface area contributed by atoms with Crippen molar-refractivity contribution >= 4 is 27.5 Å². The number of sulfonamides is 1. The van der Waals surface area contributed by atoms with E-state index in [1.807, 2.05) is 0 Å². The van der Waals surface area contributed by atoms with Gasteiger partial charge in [0.15, 0.2) is 0 Å². The molecule has 9 heteroatoms. The normalized spacial score (nSPS) is 11.1. The minimum Gasteiger partial charge on any atom is -0.398 e. The molecule has 0 aliphatic carbocycles. The number of hydrogen-bond donors (Lipinski definition) is 4. The highest BCUT2D eigenvalue weighted by Crippen LogP contribution is 2.19. The fourth-order valence-electron chi connectivity index (χ4n) is 1.44. The van der Waals surface area contributed by atoms with Crippen molar-refractivity contribution < 1.29 is 18.0 Å². The van der Waals surface area contributed by atoms with Crippen LogP contribution >= 0.6 is 0 Å². The maximum absolute atomic E-state index is 12.0. The van der Waals surface area contributed by atoms with Gasteiger partial charge in [0.05, 0.1) is 12.2 Å². The van der Waals surface area contributed by atoms with Crippen LogP contribution in [0.25, 0.3) is 0 Å². The highest BCUT2D eigenvalue weighted by Gasteiger charge is 2.19. The van der Waals surface area contributed by atoms with Gasteiger partial charge in [-0.2, -0.15) is 0 Å².